The van der Waals surface area contributed by atoms with E-state index in [0.717, 1.165) is 10.5 Å². The van der Waals surface area contributed by atoms with Gasteiger partial charge in [0.15, 0.2) is 0 Å². The van der Waals surface area contributed by atoms with Crippen LogP contribution in [0.1, 0.15) is 15.9 Å². The first-order chi connectivity index (χ1) is 15.3. The summed E-state index contributed by atoms with van der Waals surface area (Å²) >= 11 is 12.0. The molecule has 0 bridgehead atoms. The third-order valence-electron chi connectivity index (χ3n) is 4.80. The average molecular weight is 467 g/mol. The molecule has 0 saturated carbocycles. The highest BCUT2D eigenvalue weighted by Crippen LogP contribution is 2.31. The van der Waals surface area contributed by atoms with Crippen molar-refractivity contribution < 1.29 is 19.1 Å². The van der Waals surface area contributed by atoms with Crippen LogP contribution in [0.25, 0.3) is 0 Å². The Morgan fingerprint density at radius 3 is 2.19 bits per heavy atom. The Labute approximate surface area is 194 Å². The lowest BCUT2D eigenvalue weighted by atomic mass is 10.2. The van der Waals surface area contributed by atoms with Crippen molar-refractivity contribution in [2.75, 3.05) is 10.2 Å². The molecule has 0 aliphatic carbocycles. The van der Waals surface area contributed by atoms with Crippen LogP contribution in [0.5, 0.6) is 5.75 Å². The molecule has 0 fully saturated rings. The molecule has 0 saturated heterocycles. The summed E-state index contributed by atoms with van der Waals surface area (Å²) in [4.78, 5) is 38.9. The number of aryl methyl sites for hydroxylation is 1. The van der Waals surface area contributed by atoms with E-state index in [2.05, 4.69) is 5.32 Å². The summed E-state index contributed by atoms with van der Waals surface area (Å²) in [6, 6.07) is 19.7. The zero-order chi connectivity index (χ0) is 22.8. The predicted octanol–water partition coefficient (Wildman–Crippen LogP) is 5.30. The number of anilines is 2. The van der Waals surface area contributed by atoms with Crippen molar-refractivity contribution in [2.45, 2.75) is 6.92 Å². The van der Waals surface area contributed by atoms with Gasteiger partial charge >= 0.3 is 5.97 Å². The Morgan fingerprint density at radius 2 is 1.53 bits per heavy atom. The minimum atomic E-state index is -0.600. The van der Waals surface area contributed by atoms with Gasteiger partial charge in [0.05, 0.1) is 11.3 Å². The number of amides is 2. The van der Waals surface area contributed by atoms with E-state index < -0.39 is 17.8 Å². The highest BCUT2D eigenvalue weighted by Gasteiger charge is 2.39. The number of carbonyl (C=O) groups is 3. The quantitative estimate of drug-likeness (QED) is 0.313. The van der Waals surface area contributed by atoms with Crippen molar-refractivity contribution in [3.63, 3.8) is 0 Å². The summed E-state index contributed by atoms with van der Waals surface area (Å²) in [5, 5.41) is 3.21. The molecular formula is C24H16Cl2N2O4. The summed E-state index contributed by atoms with van der Waals surface area (Å²) in [5.41, 5.74) is 1.99. The van der Waals surface area contributed by atoms with Crippen molar-refractivity contribution in [2.24, 2.45) is 0 Å². The maximum absolute atomic E-state index is 12.9. The van der Waals surface area contributed by atoms with Gasteiger partial charge in [-0.3, -0.25) is 9.59 Å². The van der Waals surface area contributed by atoms with E-state index in [0.29, 0.717) is 27.7 Å². The molecular weight excluding hydrogens is 451 g/mol. The van der Waals surface area contributed by atoms with Crippen molar-refractivity contribution in [3.05, 3.63) is 99.7 Å². The van der Waals surface area contributed by atoms with Gasteiger partial charge in [-0.25, -0.2) is 9.69 Å². The van der Waals surface area contributed by atoms with Gasteiger partial charge in [0.25, 0.3) is 11.8 Å². The Balaban J connectivity index is 1.49. The molecule has 0 aromatic heterocycles. The zero-order valence-corrected chi connectivity index (χ0v) is 18.3. The van der Waals surface area contributed by atoms with E-state index in [-0.39, 0.29) is 10.7 Å². The fraction of sp³-hybridized carbons (Fsp3) is 0.0417. The van der Waals surface area contributed by atoms with Gasteiger partial charge in [0.1, 0.15) is 16.5 Å². The van der Waals surface area contributed by atoms with Gasteiger partial charge in [-0.1, -0.05) is 41.4 Å². The maximum atomic E-state index is 12.9. The number of hydrogen-bond acceptors (Lipinski definition) is 5. The third kappa shape index (κ3) is 4.23. The highest BCUT2D eigenvalue weighted by atomic mass is 35.5. The molecule has 0 atom stereocenters. The van der Waals surface area contributed by atoms with Crippen LogP contribution < -0.4 is 15.0 Å². The number of ether oxygens (including phenoxy) is 1. The smallest absolute Gasteiger partial charge is 0.343 e. The summed E-state index contributed by atoms with van der Waals surface area (Å²) < 4.78 is 5.30. The van der Waals surface area contributed by atoms with Crippen molar-refractivity contribution >= 4 is 52.4 Å². The minimum absolute atomic E-state index is 0.0311. The number of rotatable bonds is 5. The van der Waals surface area contributed by atoms with Gasteiger partial charge in [-0.05, 0) is 67.1 Å². The molecule has 1 heterocycles. The van der Waals surface area contributed by atoms with Crippen LogP contribution in [0, 0.1) is 6.92 Å². The van der Waals surface area contributed by atoms with E-state index in [4.69, 9.17) is 27.9 Å². The first kappa shape index (κ1) is 21.6. The molecule has 3 aromatic rings. The number of para-hydroxylation sites is 1. The van der Waals surface area contributed by atoms with E-state index in [1.807, 2.05) is 6.07 Å². The molecule has 32 heavy (non-hydrogen) atoms. The molecule has 1 aliphatic heterocycles. The van der Waals surface area contributed by atoms with Gasteiger partial charge in [0, 0.05) is 10.7 Å². The molecule has 6 nitrogen and oxygen atoms in total. The molecule has 1 N–H and O–H groups in total. The summed E-state index contributed by atoms with van der Waals surface area (Å²) in [6.07, 6.45) is 0. The average Bonchev–Trinajstić information content (AvgIpc) is 2.99. The first-order valence-corrected chi connectivity index (χ1v) is 10.3. The molecule has 4 rings (SSSR count). The number of imide groups is 1. The number of carbonyl (C=O) groups excluding carboxylic acids is 3. The molecule has 8 heteroatoms. The Bertz CT molecular complexity index is 1250. The second-order valence-electron chi connectivity index (χ2n) is 6.97. The summed E-state index contributed by atoms with van der Waals surface area (Å²) in [7, 11) is 0. The second kappa shape index (κ2) is 8.86. The molecule has 3 aromatic carbocycles. The van der Waals surface area contributed by atoms with E-state index in [1.54, 1.807) is 61.5 Å². The maximum Gasteiger partial charge on any atom is 0.343 e. The van der Waals surface area contributed by atoms with Crippen LogP contribution >= 0.6 is 23.2 Å². The number of esters is 1. The van der Waals surface area contributed by atoms with Crippen molar-refractivity contribution in [1.29, 1.82) is 0 Å². The van der Waals surface area contributed by atoms with Crippen LogP contribution in [-0.4, -0.2) is 17.8 Å². The molecule has 0 radical (unpaired) electrons. The van der Waals surface area contributed by atoms with Crippen LogP contribution in [0.4, 0.5) is 11.4 Å². The van der Waals surface area contributed by atoms with Crippen LogP contribution in [0.3, 0.4) is 0 Å². The lowest BCUT2D eigenvalue weighted by Crippen LogP contribution is -2.32. The fourth-order valence-electron chi connectivity index (χ4n) is 3.15. The SMILES string of the molecule is Cc1ccccc1N1C(=O)C(Cl)=C(Nc2ccc(C(=O)Oc3ccc(Cl)cc3)cc2)C1=O. The van der Waals surface area contributed by atoms with Crippen LogP contribution in [0.2, 0.25) is 5.02 Å². The predicted molar refractivity (Wildman–Crippen MR) is 123 cm³/mol. The number of benzene rings is 3. The number of nitrogens with one attached hydrogen (secondary N) is 1. The number of hydrogen-bond donors (Lipinski definition) is 1. The Kier molecular flexibility index (Phi) is 5.99. The van der Waals surface area contributed by atoms with Crippen LogP contribution in [-0.2, 0) is 9.59 Å². The number of halogens is 2. The number of nitrogens with zero attached hydrogens (tertiary/aromatic N) is 1. The molecule has 160 valence electrons. The lowest BCUT2D eigenvalue weighted by Gasteiger charge is -2.17. The van der Waals surface area contributed by atoms with Gasteiger partial charge in [0.2, 0.25) is 0 Å². The normalized spacial score (nSPS) is 13.5. The van der Waals surface area contributed by atoms with Crippen molar-refractivity contribution in [3.8, 4) is 5.75 Å². The molecule has 1 aliphatic rings. The minimum Gasteiger partial charge on any atom is -0.423 e. The first-order valence-electron chi connectivity index (χ1n) is 9.54. The standard InChI is InChI=1S/C24H16Cl2N2O4/c1-14-4-2-3-5-19(14)28-22(29)20(26)21(23(28)30)27-17-10-6-15(7-11-17)24(31)32-18-12-8-16(25)9-13-18/h2-13,27H,1H3. The topological polar surface area (TPSA) is 75.7 Å². The van der Waals surface area contributed by atoms with Gasteiger partial charge < -0.3 is 10.1 Å². The van der Waals surface area contributed by atoms with E-state index in [9.17, 15) is 14.4 Å². The molecule has 2 amide bonds. The molecule has 0 unspecified atom stereocenters. The van der Waals surface area contributed by atoms with Gasteiger partial charge in [-0.15, -0.1) is 0 Å². The van der Waals surface area contributed by atoms with E-state index in [1.165, 1.54) is 12.1 Å². The fourth-order valence-corrected chi connectivity index (χ4v) is 3.49. The molecule has 0 spiro atoms. The second-order valence-corrected chi connectivity index (χ2v) is 7.78. The van der Waals surface area contributed by atoms with E-state index >= 15 is 0 Å². The Hall–Kier alpha value is -3.61. The van der Waals surface area contributed by atoms with Crippen LogP contribution in [0.15, 0.2) is 83.5 Å². The largest absolute Gasteiger partial charge is 0.423 e. The van der Waals surface area contributed by atoms with Gasteiger partial charge in [-0.2, -0.15) is 0 Å². The lowest BCUT2D eigenvalue weighted by molar-refractivity contribution is -0.120. The monoisotopic (exact) mass is 466 g/mol. The highest BCUT2D eigenvalue weighted by molar-refractivity contribution is 6.53. The third-order valence-corrected chi connectivity index (χ3v) is 5.40. The summed E-state index contributed by atoms with van der Waals surface area (Å²) in [6.45, 7) is 1.80. The zero-order valence-electron chi connectivity index (χ0n) is 16.8. The summed E-state index contributed by atoms with van der Waals surface area (Å²) in [5.74, 6) is -1.34. The van der Waals surface area contributed by atoms with Crippen molar-refractivity contribution in [1.82, 2.24) is 0 Å². The Morgan fingerprint density at radius 1 is 0.875 bits per heavy atom.